The lowest BCUT2D eigenvalue weighted by Gasteiger charge is -2.26. The number of sulfonamides is 1. The molecule has 0 aromatic carbocycles. The van der Waals surface area contributed by atoms with E-state index >= 15 is 0 Å². The first kappa shape index (κ1) is 12.9. The molecule has 0 unspecified atom stereocenters. The van der Waals surface area contributed by atoms with E-state index in [4.69, 9.17) is 11.6 Å². The molecule has 5 nitrogen and oxygen atoms in total. The molecule has 1 heterocycles. The van der Waals surface area contributed by atoms with Crippen molar-refractivity contribution in [1.29, 1.82) is 0 Å². The molecular formula is C10H16ClN3O2S. The summed E-state index contributed by atoms with van der Waals surface area (Å²) >= 11 is 5.71. The van der Waals surface area contributed by atoms with Gasteiger partial charge in [0.2, 0.25) is 0 Å². The Balaban J connectivity index is 2.26. The summed E-state index contributed by atoms with van der Waals surface area (Å²) in [5, 5.41) is 6.36. The molecular weight excluding hydrogens is 262 g/mol. The van der Waals surface area contributed by atoms with Gasteiger partial charge in [0, 0.05) is 18.5 Å². The molecule has 2 rings (SSSR count). The van der Waals surface area contributed by atoms with Gasteiger partial charge in [-0.2, -0.15) is 9.40 Å². The Morgan fingerprint density at radius 3 is 2.71 bits per heavy atom. The second-order valence-corrected chi connectivity index (χ2v) is 6.40. The highest BCUT2D eigenvalue weighted by Gasteiger charge is 2.33. The number of hydrogen-bond acceptors (Lipinski definition) is 3. The number of hydrogen-bond donors (Lipinski definition) is 1. The summed E-state index contributed by atoms with van der Waals surface area (Å²) in [6.45, 7) is 0.355. The highest BCUT2D eigenvalue weighted by atomic mass is 35.5. The van der Waals surface area contributed by atoms with Crippen LogP contribution >= 0.6 is 11.6 Å². The van der Waals surface area contributed by atoms with Crippen molar-refractivity contribution in [3.05, 3.63) is 12.3 Å². The number of aromatic nitrogens is 2. The molecule has 1 N–H and O–H groups in total. The van der Waals surface area contributed by atoms with Crippen molar-refractivity contribution in [3.63, 3.8) is 0 Å². The van der Waals surface area contributed by atoms with Gasteiger partial charge in [0.1, 0.15) is 0 Å². The number of nitrogens with zero attached hydrogens (tertiary/aromatic N) is 2. The lowest BCUT2D eigenvalue weighted by Crippen LogP contribution is -2.40. The van der Waals surface area contributed by atoms with Crippen LogP contribution in [0.2, 0.25) is 0 Å². The zero-order valence-electron chi connectivity index (χ0n) is 9.47. The second kappa shape index (κ2) is 5.37. The molecule has 1 aromatic heterocycles. The van der Waals surface area contributed by atoms with Crippen LogP contribution in [0.5, 0.6) is 0 Å². The quantitative estimate of drug-likeness (QED) is 0.831. The molecule has 1 aromatic rings. The molecule has 0 amide bonds. The number of aromatic amines is 1. The van der Waals surface area contributed by atoms with Crippen LogP contribution in [0.25, 0.3) is 0 Å². The van der Waals surface area contributed by atoms with Crippen LogP contribution in [0.4, 0.5) is 0 Å². The van der Waals surface area contributed by atoms with E-state index in [0.29, 0.717) is 12.4 Å². The van der Waals surface area contributed by atoms with Crippen molar-refractivity contribution < 1.29 is 8.42 Å². The fraction of sp³-hybridized carbons (Fsp3) is 0.700. The van der Waals surface area contributed by atoms with Crippen LogP contribution in [0, 0.1) is 0 Å². The molecule has 0 saturated heterocycles. The molecule has 17 heavy (non-hydrogen) atoms. The van der Waals surface area contributed by atoms with Gasteiger partial charge in [-0.05, 0) is 18.9 Å². The first-order valence-electron chi connectivity index (χ1n) is 5.73. The van der Waals surface area contributed by atoms with Gasteiger partial charge in [0.25, 0.3) is 10.0 Å². The first-order valence-corrected chi connectivity index (χ1v) is 7.71. The lowest BCUT2D eigenvalue weighted by molar-refractivity contribution is 0.335. The smallest absolute Gasteiger partial charge is 0.260 e. The predicted octanol–water partition coefficient (Wildman–Crippen LogP) is 1.58. The van der Waals surface area contributed by atoms with E-state index in [2.05, 4.69) is 10.2 Å². The van der Waals surface area contributed by atoms with Gasteiger partial charge >= 0.3 is 0 Å². The predicted molar refractivity (Wildman–Crippen MR) is 65.5 cm³/mol. The lowest BCUT2D eigenvalue weighted by atomic mass is 10.2. The van der Waals surface area contributed by atoms with E-state index in [1.807, 2.05) is 0 Å². The summed E-state index contributed by atoms with van der Waals surface area (Å²) < 4.78 is 26.2. The minimum atomic E-state index is -3.47. The van der Waals surface area contributed by atoms with Gasteiger partial charge in [-0.25, -0.2) is 8.42 Å². The largest absolute Gasteiger partial charge is 0.266 e. The van der Waals surface area contributed by atoms with E-state index in [1.54, 1.807) is 0 Å². The fourth-order valence-electron chi connectivity index (χ4n) is 2.29. The highest BCUT2D eigenvalue weighted by Crippen LogP contribution is 2.27. The number of alkyl halides is 1. The summed E-state index contributed by atoms with van der Waals surface area (Å²) in [7, 11) is -3.47. The SMILES string of the molecule is O=S(=O)(c1ccn[nH]1)N(CCCl)C1CCCC1. The van der Waals surface area contributed by atoms with E-state index in [9.17, 15) is 8.42 Å². The van der Waals surface area contributed by atoms with E-state index in [0.717, 1.165) is 25.7 Å². The third-order valence-corrected chi connectivity index (χ3v) is 5.15. The molecule has 1 aliphatic rings. The van der Waals surface area contributed by atoms with Crippen molar-refractivity contribution in [1.82, 2.24) is 14.5 Å². The van der Waals surface area contributed by atoms with Crippen LogP contribution in [0.3, 0.4) is 0 Å². The topological polar surface area (TPSA) is 66.1 Å². The standard InChI is InChI=1S/C10H16ClN3O2S/c11-6-8-14(9-3-1-2-4-9)17(15,16)10-5-7-12-13-10/h5,7,9H,1-4,6,8H2,(H,12,13). The van der Waals surface area contributed by atoms with Crippen LogP contribution in [0.15, 0.2) is 17.3 Å². The van der Waals surface area contributed by atoms with Crippen LogP contribution in [-0.2, 0) is 10.0 Å². The Morgan fingerprint density at radius 2 is 2.18 bits per heavy atom. The normalized spacial score (nSPS) is 18.0. The average Bonchev–Trinajstić information content (AvgIpc) is 2.97. The van der Waals surface area contributed by atoms with Crippen molar-refractivity contribution in [2.24, 2.45) is 0 Å². The summed E-state index contributed by atoms with van der Waals surface area (Å²) in [5.41, 5.74) is 0. The maximum Gasteiger partial charge on any atom is 0.260 e. The van der Waals surface area contributed by atoms with Crippen molar-refractivity contribution in [2.45, 2.75) is 36.8 Å². The van der Waals surface area contributed by atoms with Crippen molar-refractivity contribution in [3.8, 4) is 0 Å². The summed E-state index contributed by atoms with van der Waals surface area (Å²) in [5.74, 6) is 0.309. The van der Waals surface area contributed by atoms with Gasteiger partial charge in [0.05, 0.1) is 6.20 Å². The minimum Gasteiger partial charge on any atom is -0.266 e. The highest BCUT2D eigenvalue weighted by molar-refractivity contribution is 7.89. The van der Waals surface area contributed by atoms with E-state index < -0.39 is 10.0 Å². The van der Waals surface area contributed by atoms with Crippen LogP contribution in [0.1, 0.15) is 25.7 Å². The summed E-state index contributed by atoms with van der Waals surface area (Å²) in [6.07, 6.45) is 5.46. The number of rotatable bonds is 5. The van der Waals surface area contributed by atoms with E-state index in [-0.39, 0.29) is 11.1 Å². The summed E-state index contributed by atoms with van der Waals surface area (Å²) in [6, 6.07) is 1.56. The molecule has 1 saturated carbocycles. The molecule has 7 heteroatoms. The van der Waals surface area contributed by atoms with Gasteiger partial charge < -0.3 is 0 Å². The zero-order chi connectivity index (χ0) is 12.3. The first-order chi connectivity index (χ1) is 8.16. The Kier molecular flexibility index (Phi) is 4.06. The van der Waals surface area contributed by atoms with E-state index in [1.165, 1.54) is 16.6 Å². The van der Waals surface area contributed by atoms with Gasteiger partial charge in [-0.1, -0.05) is 12.8 Å². The van der Waals surface area contributed by atoms with Crippen LogP contribution in [-0.4, -0.2) is 41.4 Å². The number of halogens is 1. The maximum absolute atomic E-state index is 12.4. The monoisotopic (exact) mass is 277 g/mol. The fourth-order valence-corrected chi connectivity index (χ4v) is 4.16. The van der Waals surface area contributed by atoms with Gasteiger partial charge in [-0.3, -0.25) is 5.10 Å². The molecule has 1 aliphatic carbocycles. The maximum atomic E-state index is 12.4. The van der Waals surface area contributed by atoms with Gasteiger partial charge in [-0.15, -0.1) is 11.6 Å². The molecule has 1 fully saturated rings. The Labute approximate surface area is 106 Å². The molecule has 0 bridgehead atoms. The van der Waals surface area contributed by atoms with Gasteiger partial charge in [0.15, 0.2) is 5.03 Å². The Bertz CT molecular complexity index is 440. The number of H-pyrrole nitrogens is 1. The van der Waals surface area contributed by atoms with Crippen molar-refractivity contribution >= 4 is 21.6 Å². The molecule has 0 aliphatic heterocycles. The van der Waals surface area contributed by atoms with Crippen LogP contribution < -0.4 is 0 Å². The zero-order valence-corrected chi connectivity index (χ0v) is 11.0. The molecule has 96 valence electrons. The Hall–Kier alpha value is -0.590. The average molecular weight is 278 g/mol. The minimum absolute atomic E-state index is 0.0852. The molecule has 0 spiro atoms. The third-order valence-electron chi connectivity index (χ3n) is 3.10. The third kappa shape index (κ3) is 2.64. The van der Waals surface area contributed by atoms with Crippen molar-refractivity contribution in [2.75, 3.05) is 12.4 Å². The molecule has 0 atom stereocenters. The Morgan fingerprint density at radius 1 is 1.47 bits per heavy atom. The number of nitrogens with one attached hydrogen (secondary N) is 1. The molecule has 0 radical (unpaired) electrons. The summed E-state index contributed by atoms with van der Waals surface area (Å²) in [4.78, 5) is 0. The second-order valence-electron chi connectivity index (χ2n) is 4.16.